The van der Waals surface area contributed by atoms with Crippen molar-refractivity contribution in [2.75, 3.05) is 25.5 Å². The van der Waals surface area contributed by atoms with Gasteiger partial charge in [0.25, 0.3) is 0 Å². The zero-order valence-electron chi connectivity index (χ0n) is 17.3. The van der Waals surface area contributed by atoms with Gasteiger partial charge in [0.15, 0.2) is 0 Å². The summed E-state index contributed by atoms with van der Waals surface area (Å²) in [6, 6.07) is 14.1. The first kappa shape index (κ1) is 23.1. The van der Waals surface area contributed by atoms with Crippen molar-refractivity contribution in [3.05, 3.63) is 60.2 Å². The average Bonchev–Trinajstić information content (AvgIpc) is 3.08. The molecule has 3 amide bonds. The van der Waals surface area contributed by atoms with Crippen LogP contribution in [-0.4, -0.2) is 54.0 Å². The molecule has 0 unspecified atom stereocenters. The van der Waals surface area contributed by atoms with E-state index in [2.05, 4.69) is 10.1 Å². The summed E-state index contributed by atoms with van der Waals surface area (Å²) in [5.41, 5.74) is 1.23. The fraction of sp³-hybridized carbons (Fsp3) is 0.318. The van der Waals surface area contributed by atoms with E-state index in [0.717, 1.165) is 17.7 Å². The molecule has 7 nitrogen and oxygen atoms in total. The second-order valence-corrected chi connectivity index (χ2v) is 7.48. The first-order chi connectivity index (χ1) is 15.1. The molecule has 0 aromatic heterocycles. The van der Waals surface area contributed by atoms with Gasteiger partial charge in [-0.25, -0.2) is 0 Å². The Labute approximate surface area is 182 Å². The van der Waals surface area contributed by atoms with Gasteiger partial charge in [0.2, 0.25) is 17.7 Å². The fourth-order valence-corrected chi connectivity index (χ4v) is 3.44. The molecular formula is C22H22F3N3O4. The maximum atomic E-state index is 12.7. The number of carbonyl (C=O) groups is 3. The van der Waals surface area contributed by atoms with Crippen molar-refractivity contribution >= 4 is 23.4 Å². The summed E-state index contributed by atoms with van der Waals surface area (Å²) >= 11 is 0. The molecule has 1 N–H and O–H groups in total. The van der Waals surface area contributed by atoms with Crippen LogP contribution in [-0.2, 0) is 20.9 Å². The third kappa shape index (κ3) is 6.47. The Hall–Kier alpha value is -3.56. The van der Waals surface area contributed by atoms with Crippen molar-refractivity contribution in [1.29, 1.82) is 0 Å². The quantitative estimate of drug-likeness (QED) is 0.705. The molecule has 0 bridgehead atoms. The molecule has 0 radical (unpaired) electrons. The normalized spacial score (nSPS) is 16.1. The molecule has 0 saturated carbocycles. The number of likely N-dealkylation sites (tertiary alicyclic amines) is 1. The number of amides is 3. The minimum absolute atomic E-state index is 0.0816. The summed E-state index contributed by atoms with van der Waals surface area (Å²) in [6.45, 7) is 0.434. The molecule has 3 rings (SSSR count). The van der Waals surface area contributed by atoms with Crippen molar-refractivity contribution in [2.24, 2.45) is 5.92 Å². The number of benzene rings is 2. The second kappa shape index (κ2) is 9.71. The Morgan fingerprint density at radius 3 is 2.41 bits per heavy atom. The minimum Gasteiger partial charge on any atom is -0.406 e. The van der Waals surface area contributed by atoms with E-state index < -0.39 is 23.9 Å². The number of likely N-dealkylation sites (N-methyl/N-ethyl adjacent to an activating group) is 1. The zero-order chi connectivity index (χ0) is 23.3. The van der Waals surface area contributed by atoms with E-state index in [1.165, 1.54) is 24.1 Å². The third-order valence-electron chi connectivity index (χ3n) is 4.91. The van der Waals surface area contributed by atoms with Gasteiger partial charge >= 0.3 is 6.36 Å². The maximum absolute atomic E-state index is 12.7. The first-order valence-electron chi connectivity index (χ1n) is 9.83. The van der Waals surface area contributed by atoms with Crippen molar-refractivity contribution < 1.29 is 32.3 Å². The molecule has 170 valence electrons. The summed E-state index contributed by atoms with van der Waals surface area (Å²) in [7, 11) is 1.46. The van der Waals surface area contributed by atoms with Gasteiger partial charge in [-0.05, 0) is 29.8 Å². The molecule has 1 fully saturated rings. The van der Waals surface area contributed by atoms with Crippen molar-refractivity contribution in [2.45, 2.75) is 19.3 Å². The molecule has 2 aromatic carbocycles. The molecule has 0 spiro atoms. The van der Waals surface area contributed by atoms with Gasteiger partial charge in [-0.15, -0.1) is 13.2 Å². The Kier molecular flexibility index (Phi) is 7.01. The summed E-state index contributed by atoms with van der Waals surface area (Å²) < 4.78 is 40.4. The van der Waals surface area contributed by atoms with Crippen LogP contribution in [0.1, 0.15) is 12.0 Å². The Bertz CT molecular complexity index is 965. The molecule has 2 aromatic rings. The number of ether oxygens (including phenoxy) is 1. The highest BCUT2D eigenvalue weighted by Gasteiger charge is 2.36. The van der Waals surface area contributed by atoms with E-state index in [1.54, 1.807) is 4.90 Å². The summed E-state index contributed by atoms with van der Waals surface area (Å²) in [5, 5.41) is 2.51. The molecule has 1 heterocycles. The summed E-state index contributed by atoms with van der Waals surface area (Å²) in [6.07, 6.45) is -4.72. The third-order valence-corrected chi connectivity index (χ3v) is 4.91. The fourth-order valence-electron chi connectivity index (χ4n) is 3.44. The highest BCUT2D eigenvalue weighted by molar-refractivity contribution is 5.96. The number of anilines is 1. The molecule has 10 heteroatoms. The van der Waals surface area contributed by atoms with Crippen LogP contribution in [0.4, 0.5) is 18.9 Å². The SMILES string of the molecule is CN(CC(=O)Nc1ccc(OC(F)(F)F)cc1)C(=O)[C@@H]1CC(=O)N(Cc2ccccc2)C1. The number of nitrogens with one attached hydrogen (secondary N) is 1. The van der Waals surface area contributed by atoms with Gasteiger partial charge in [-0.2, -0.15) is 0 Å². The lowest BCUT2D eigenvalue weighted by Gasteiger charge is -2.21. The van der Waals surface area contributed by atoms with Crippen LogP contribution in [0.2, 0.25) is 0 Å². The van der Waals surface area contributed by atoms with Gasteiger partial charge in [-0.3, -0.25) is 14.4 Å². The van der Waals surface area contributed by atoms with E-state index in [-0.39, 0.29) is 37.0 Å². The molecule has 1 atom stereocenters. The molecule has 1 aliphatic heterocycles. The van der Waals surface area contributed by atoms with Crippen LogP contribution in [0.15, 0.2) is 54.6 Å². The van der Waals surface area contributed by atoms with E-state index in [1.807, 2.05) is 30.3 Å². The Morgan fingerprint density at radius 1 is 1.12 bits per heavy atom. The lowest BCUT2D eigenvalue weighted by molar-refractivity contribution is -0.274. The van der Waals surface area contributed by atoms with Crippen LogP contribution < -0.4 is 10.1 Å². The van der Waals surface area contributed by atoms with Gasteiger partial charge in [0.1, 0.15) is 5.75 Å². The lowest BCUT2D eigenvalue weighted by Crippen LogP contribution is -2.39. The lowest BCUT2D eigenvalue weighted by atomic mass is 10.1. The van der Waals surface area contributed by atoms with Crippen molar-refractivity contribution in [3.8, 4) is 5.75 Å². The molecule has 1 saturated heterocycles. The monoisotopic (exact) mass is 449 g/mol. The minimum atomic E-state index is -4.80. The highest BCUT2D eigenvalue weighted by Crippen LogP contribution is 2.24. The van der Waals surface area contributed by atoms with Gasteiger partial charge in [0, 0.05) is 32.2 Å². The molecular weight excluding hydrogens is 427 g/mol. The van der Waals surface area contributed by atoms with Crippen LogP contribution >= 0.6 is 0 Å². The maximum Gasteiger partial charge on any atom is 0.573 e. The number of hydrogen-bond acceptors (Lipinski definition) is 4. The van der Waals surface area contributed by atoms with Crippen LogP contribution in [0.5, 0.6) is 5.75 Å². The molecule has 32 heavy (non-hydrogen) atoms. The van der Waals surface area contributed by atoms with Crippen LogP contribution in [0.3, 0.4) is 0 Å². The van der Waals surface area contributed by atoms with Gasteiger partial charge in [-0.1, -0.05) is 30.3 Å². The van der Waals surface area contributed by atoms with Gasteiger partial charge < -0.3 is 19.9 Å². The smallest absolute Gasteiger partial charge is 0.406 e. The number of carbonyl (C=O) groups excluding carboxylic acids is 3. The Balaban J connectivity index is 1.49. The van der Waals surface area contributed by atoms with Crippen LogP contribution in [0, 0.1) is 5.92 Å². The largest absolute Gasteiger partial charge is 0.573 e. The number of halogens is 3. The van der Waals surface area contributed by atoms with Gasteiger partial charge in [0.05, 0.1) is 12.5 Å². The summed E-state index contributed by atoms with van der Waals surface area (Å²) in [5.74, 6) is -1.91. The van der Waals surface area contributed by atoms with Crippen molar-refractivity contribution in [3.63, 3.8) is 0 Å². The first-order valence-corrected chi connectivity index (χ1v) is 9.83. The average molecular weight is 449 g/mol. The molecule has 0 aliphatic carbocycles. The standard InChI is InChI=1S/C22H22F3N3O4/c1-27(14-19(29)26-17-7-9-18(10-8-17)32-22(23,24)25)21(31)16-11-20(30)28(13-16)12-15-5-3-2-4-6-15/h2-10,16H,11-14H2,1H3,(H,26,29)/t16-/m1/s1. The number of alkyl halides is 3. The zero-order valence-corrected chi connectivity index (χ0v) is 17.3. The number of hydrogen-bond donors (Lipinski definition) is 1. The second-order valence-electron chi connectivity index (χ2n) is 7.48. The van der Waals surface area contributed by atoms with E-state index in [4.69, 9.17) is 0 Å². The molecule has 1 aliphatic rings. The topological polar surface area (TPSA) is 79.0 Å². The summed E-state index contributed by atoms with van der Waals surface area (Å²) in [4.78, 5) is 40.1. The Morgan fingerprint density at radius 2 is 1.78 bits per heavy atom. The van der Waals surface area contributed by atoms with E-state index in [9.17, 15) is 27.6 Å². The van der Waals surface area contributed by atoms with E-state index in [0.29, 0.717) is 6.54 Å². The van der Waals surface area contributed by atoms with Crippen LogP contribution in [0.25, 0.3) is 0 Å². The van der Waals surface area contributed by atoms with Crippen molar-refractivity contribution in [1.82, 2.24) is 9.80 Å². The number of rotatable bonds is 7. The highest BCUT2D eigenvalue weighted by atomic mass is 19.4. The predicted octanol–water partition coefficient (Wildman–Crippen LogP) is 3.03. The predicted molar refractivity (Wildman–Crippen MR) is 109 cm³/mol. The number of nitrogens with zero attached hydrogens (tertiary/aromatic N) is 2. The van der Waals surface area contributed by atoms with E-state index >= 15 is 0 Å².